The first-order chi connectivity index (χ1) is 19.0. The van der Waals surface area contributed by atoms with Crippen LogP contribution in [0.2, 0.25) is 0 Å². The van der Waals surface area contributed by atoms with Crippen LogP contribution < -0.4 is 15.2 Å². The van der Waals surface area contributed by atoms with Crippen LogP contribution in [0.3, 0.4) is 0 Å². The molecule has 2 aromatic carbocycles. The first-order valence-electron chi connectivity index (χ1n) is 13.7. The summed E-state index contributed by atoms with van der Waals surface area (Å²) in [5, 5.41) is 13.9. The molecule has 10 heteroatoms. The summed E-state index contributed by atoms with van der Waals surface area (Å²) in [7, 11) is 1.70. The van der Waals surface area contributed by atoms with Gasteiger partial charge in [-0.3, -0.25) is 9.69 Å². The number of H-pyrrole nitrogens is 1. The van der Waals surface area contributed by atoms with Crippen molar-refractivity contribution in [1.29, 1.82) is 0 Å². The SMILES string of the molecule is COc1ccccc1N1CCN([C@H](c2cc3c(C)ccc(C)c3[nH]c2=O)c2nnnn2C[C@H]2CCCO2)CC1. The number of benzene rings is 2. The standard InChI is InChI=1S/C29H35N7O3/c1-19-10-11-20(2)26-22(19)17-23(29(37)30-26)27(28-31-32-33-36(28)18-21-7-6-16-39-21)35-14-12-34(13-15-35)24-8-4-5-9-25(24)38-3/h4-5,8-11,17,21,27H,6-7,12-16,18H2,1-3H3,(H,30,37)/t21-,27-/m1/s1. The normalized spacial score (nSPS) is 19.1. The summed E-state index contributed by atoms with van der Waals surface area (Å²) in [6.07, 6.45) is 2.10. The van der Waals surface area contributed by atoms with Gasteiger partial charge in [0.1, 0.15) is 11.8 Å². The fourth-order valence-corrected chi connectivity index (χ4v) is 5.92. The van der Waals surface area contributed by atoms with Crippen LogP contribution in [0.4, 0.5) is 5.69 Å². The lowest BCUT2D eigenvalue weighted by Gasteiger charge is -2.40. The fraction of sp³-hybridized carbons (Fsp3) is 0.448. The smallest absolute Gasteiger partial charge is 0.253 e. The van der Waals surface area contributed by atoms with Crippen LogP contribution in [0.5, 0.6) is 5.75 Å². The zero-order valence-corrected chi connectivity index (χ0v) is 22.8. The maximum atomic E-state index is 13.7. The number of hydrogen-bond donors (Lipinski definition) is 1. The maximum absolute atomic E-state index is 13.7. The molecule has 39 heavy (non-hydrogen) atoms. The zero-order valence-electron chi connectivity index (χ0n) is 22.8. The number of rotatable bonds is 7. The van der Waals surface area contributed by atoms with Crippen LogP contribution in [0.1, 0.15) is 41.4 Å². The Morgan fingerprint density at radius 3 is 2.67 bits per heavy atom. The van der Waals surface area contributed by atoms with E-state index in [4.69, 9.17) is 9.47 Å². The molecule has 6 rings (SSSR count). The molecular weight excluding hydrogens is 494 g/mol. The average molecular weight is 530 g/mol. The molecule has 4 aromatic rings. The zero-order chi connectivity index (χ0) is 26.9. The minimum absolute atomic E-state index is 0.0788. The quantitative estimate of drug-likeness (QED) is 0.390. The van der Waals surface area contributed by atoms with Gasteiger partial charge in [-0.2, -0.15) is 0 Å². The number of pyridine rings is 1. The molecule has 0 bridgehead atoms. The third-order valence-corrected chi connectivity index (χ3v) is 8.08. The molecule has 4 heterocycles. The summed E-state index contributed by atoms with van der Waals surface area (Å²) >= 11 is 0. The molecular formula is C29H35N7O3. The average Bonchev–Trinajstić information content (AvgIpc) is 3.65. The highest BCUT2D eigenvalue weighted by Crippen LogP contribution is 2.33. The first kappa shape index (κ1) is 25.5. The maximum Gasteiger partial charge on any atom is 0.253 e. The number of ether oxygens (including phenoxy) is 2. The summed E-state index contributed by atoms with van der Waals surface area (Å²) in [6, 6.07) is 13.9. The van der Waals surface area contributed by atoms with Crippen molar-refractivity contribution in [1.82, 2.24) is 30.1 Å². The Morgan fingerprint density at radius 2 is 1.90 bits per heavy atom. The molecule has 2 fully saturated rings. The molecule has 204 valence electrons. The molecule has 2 aliphatic heterocycles. The predicted octanol–water partition coefficient (Wildman–Crippen LogP) is 3.23. The Kier molecular flexibility index (Phi) is 7.05. The van der Waals surface area contributed by atoms with Gasteiger partial charge in [0, 0.05) is 43.7 Å². The number of aryl methyl sites for hydroxylation is 2. The van der Waals surface area contributed by atoms with E-state index in [-0.39, 0.29) is 11.7 Å². The molecule has 0 saturated carbocycles. The van der Waals surface area contributed by atoms with Gasteiger partial charge in [0.15, 0.2) is 5.82 Å². The van der Waals surface area contributed by atoms with E-state index in [1.807, 2.05) is 41.9 Å². The van der Waals surface area contributed by atoms with Gasteiger partial charge in [0.25, 0.3) is 5.56 Å². The largest absolute Gasteiger partial charge is 0.495 e. The molecule has 0 unspecified atom stereocenters. The van der Waals surface area contributed by atoms with E-state index in [1.165, 1.54) is 0 Å². The summed E-state index contributed by atoms with van der Waals surface area (Å²) in [5.74, 6) is 1.53. The van der Waals surface area contributed by atoms with Gasteiger partial charge in [0.05, 0.1) is 31.0 Å². The van der Waals surface area contributed by atoms with Crippen LogP contribution in [0, 0.1) is 13.8 Å². The van der Waals surface area contributed by atoms with Crippen molar-refractivity contribution >= 4 is 16.6 Å². The van der Waals surface area contributed by atoms with Crippen LogP contribution >= 0.6 is 0 Å². The molecule has 0 radical (unpaired) electrons. The molecule has 2 aromatic heterocycles. The van der Waals surface area contributed by atoms with Crippen molar-refractivity contribution < 1.29 is 9.47 Å². The number of piperazine rings is 1. The topological polar surface area (TPSA) is 101 Å². The molecule has 2 aliphatic rings. The van der Waals surface area contributed by atoms with Crippen LogP contribution in [0.15, 0.2) is 47.3 Å². The molecule has 1 N–H and O–H groups in total. The number of methoxy groups -OCH3 is 1. The summed E-state index contributed by atoms with van der Waals surface area (Å²) in [6.45, 7) is 8.48. The minimum Gasteiger partial charge on any atom is -0.495 e. The van der Waals surface area contributed by atoms with Crippen LogP contribution in [0.25, 0.3) is 10.9 Å². The second kappa shape index (κ2) is 10.8. The minimum atomic E-state index is -0.394. The predicted molar refractivity (Wildman–Crippen MR) is 149 cm³/mol. The van der Waals surface area contributed by atoms with Crippen molar-refractivity contribution in [2.75, 3.05) is 44.8 Å². The highest BCUT2D eigenvalue weighted by Gasteiger charge is 2.34. The summed E-state index contributed by atoms with van der Waals surface area (Å²) in [5.41, 5.74) is 4.66. The van der Waals surface area contributed by atoms with E-state index in [1.54, 1.807) is 7.11 Å². The van der Waals surface area contributed by atoms with Gasteiger partial charge in [-0.15, -0.1) is 5.10 Å². The highest BCUT2D eigenvalue weighted by atomic mass is 16.5. The lowest BCUT2D eigenvalue weighted by molar-refractivity contribution is 0.0906. The van der Waals surface area contributed by atoms with Gasteiger partial charge in [-0.25, -0.2) is 4.68 Å². The van der Waals surface area contributed by atoms with Crippen molar-refractivity contribution in [3.8, 4) is 5.75 Å². The number of tetrazole rings is 1. The Morgan fingerprint density at radius 1 is 1.10 bits per heavy atom. The van der Waals surface area contributed by atoms with Crippen molar-refractivity contribution in [2.24, 2.45) is 0 Å². The Balaban J connectivity index is 1.39. The first-order valence-corrected chi connectivity index (χ1v) is 13.7. The number of para-hydroxylation sites is 2. The molecule has 2 atom stereocenters. The van der Waals surface area contributed by atoms with E-state index in [2.05, 4.69) is 49.4 Å². The number of fused-ring (bicyclic) bond motifs is 1. The second-order valence-corrected chi connectivity index (χ2v) is 10.5. The monoisotopic (exact) mass is 529 g/mol. The Bertz CT molecular complexity index is 1520. The number of anilines is 1. The van der Waals surface area contributed by atoms with Gasteiger partial charge in [-0.05, 0) is 66.4 Å². The molecule has 10 nitrogen and oxygen atoms in total. The number of aromatic nitrogens is 5. The van der Waals surface area contributed by atoms with Crippen molar-refractivity contribution in [2.45, 2.75) is 45.4 Å². The highest BCUT2D eigenvalue weighted by molar-refractivity contribution is 5.85. The lowest BCUT2D eigenvalue weighted by atomic mass is 9.99. The Labute approximate surface area is 227 Å². The molecule has 0 amide bonds. The third-order valence-electron chi connectivity index (χ3n) is 8.08. The van der Waals surface area contributed by atoms with E-state index >= 15 is 0 Å². The van der Waals surface area contributed by atoms with Gasteiger partial charge in [-0.1, -0.05) is 24.3 Å². The second-order valence-electron chi connectivity index (χ2n) is 10.5. The summed E-state index contributed by atoms with van der Waals surface area (Å²) in [4.78, 5) is 21.5. The van der Waals surface area contributed by atoms with E-state index in [9.17, 15) is 4.79 Å². The lowest BCUT2D eigenvalue weighted by Crippen LogP contribution is -2.49. The third kappa shape index (κ3) is 4.90. The molecule has 0 spiro atoms. The van der Waals surface area contributed by atoms with Gasteiger partial charge >= 0.3 is 0 Å². The fourth-order valence-electron chi connectivity index (χ4n) is 5.92. The summed E-state index contributed by atoms with van der Waals surface area (Å²) < 4.78 is 13.3. The van der Waals surface area contributed by atoms with Crippen LogP contribution in [-0.4, -0.2) is 76.1 Å². The van der Waals surface area contributed by atoms with Crippen LogP contribution in [-0.2, 0) is 11.3 Å². The van der Waals surface area contributed by atoms with E-state index < -0.39 is 6.04 Å². The number of aromatic amines is 1. The van der Waals surface area contributed by atoms with Crippen molar-refractivity contribution in [3.05, 3.63) is 75.3 Å². The van der Waals surface area contributed by atoms with Gasteiger partial charge in [0.2, 0.25) is 0 Å². The van der Waals surface area contributed by atoms with Crippen molar-refractivity contribution in [3.63, 3.8) is 0 Å². The molecule has 0 aliphatic carbocycles. The van der Waals surface area contributed by atoms with Gasteiger partial charge < -0.3 is 19.4 Å². The van der Waals surface area contributed by atoms with E-state index in [0.717, 1.165) is 79.1 Å². The number of hydrogen-bond acceptors (Lipinski definition) is 8. The number of nitrogens with zero attached hydrogens (tertiary/aromatic N) is 6. The van der Waals surface area contributed by atoms with E-state index in [0.29, 0.717) is 17.9 Å². The molecule has 2 saturated heterocycles. The number of nitrogens with one attached hydrogen (secondary N) is 1. The Hall–Kier alpha value is -3.76.